The maximum Gasteiger partial charge on any atom is 0.437 e. The largest absolute Gasteiger partial charge is 0.437 e. The van der Waals surface area contributed by atoms with Gasteiger partial charge in [0.05, 0.1) is 22.1 Å². The van der Waals surface area contributed by atoms with Gasteiger partial charge in [-0.1, -0.05) is 6.07 Å². The second-order valence-corrected chi connectivity index (χ2v) is 13.5. The maximum atomic E-state index is 14.9. The topological polar surface area (TPSA) is 73.7 Å². The van der Waals surface area contributed by atoms with Gasteiger partial charge >= 0.3 is 18.0 Å². The number of nitrogens with zero attached hydrogens (tertiary/aromatic N) is 3. The van der Waals surface area contributed by atoms with Gasteiger partial charge in [-0.3, -0.25) is 14.6 Å². The number of β-amino-alcohol motifs (C(OH)–C–C–N with tert-alkyl or cyclic N) is 1. The van der Waals surface area contributed by atoms with Gasteiger partial charge in [-0.05, 0) is 69.0 Å². The zero-order valence-electron chi connectivity index (χ0n) is 23.9. The predicted octanol–water partition coefficient (Wildman–Crippen LogP) is 5.75. The standard InChI is InChI=1S/C29H28F9N3O3S/c1-25(2,44)14-41-20(13-18(31)23(41)42)24(43)40-12-11-26(45-16-5-3-15(30)4-6-16)17-7-9-21(39-19(17)8-10-22(26)40)27(32,28(33,34)35)29(36,37)38/h3-7,9,18,20,22,44H,8,10-14H2,1-2H3/t18-,20-,22?,26?/m1/s1. The van der Waals surface area contributed by atoms with E-state index in [0.29, 0.717) is 11.0 Å². The Morgan fingerprint density at radius 1 is 1.04 bits per heavy atom. The van der Waals surface area contributed by atoms with Crippen LogP contribution in [0.3, 0.4) is 0 Å². The number of thioether (sulfide) groups is 1. The molecule has 0 radical (unpaired) electrons. The van der Waals surface area contributed by atoms with E-state index < -0.39 is 76.4 Å². The van der Waals surface area contributed by atoms with Crippen molar-refractivity contribution in [3.63, 3.8) is 0 Å². The molecule has 3 aliphatic rings. The zero-order valence-corrected chi connectivity index (χ0v) is 24.7. The van der Waals surface area contributed by atoms with Gasteiger partial charge in [-0.25, -0.2) is 13.2 Å². The SMILES string of the molecule is CC(C)(O)CN1C(=O)[C@H](F)C[C@@H]1C(=O)N1CCC2(Sc3ccc(F)cc3)c3ccc(C(F)(C(F)(F)F)C(F)(F)F)nc3CCC12. The highest BCUT2D eigenvalue weighted by atomic mass is 32.2. The molecule has 2 aromatic rings. The van der Waals surface area contributed by atoms with Crippen LogP contribution in [0, 0.1) is 5.82 Å². The molecular weight excluding hydrogens is 641 g/mol. The quantitative estimate of drug-likeness (QED) is 0.397. The highest BCUT2D eigenvalue weighted by Crippen LogP contribution is 2.58. The normalized spacial score (nSPS) is 25.9. The molecule has 3 heterocycles. The first-order chi connectivity index (χ1) is 20.7. The summed E-state index contributed by atoms with van der Waals surface area (Å²) in [6.07, 6.45) is -15.3. The third kappa shape index (κ3) is 5.65. The zero-order chi connectivity index (χ0) is 33.3. The van der Waals surface area contributed by atoms with E-state index >= 15 is 0 Å². The number of alkyl halides is 8. The molecule has 1 aliphatic carbocycles. The number of benzene rings is 1. The average molecular weight is 670 g/mol. The number of aliphatic hydroxyl groups is 1. The Bertz CT molecular complexity index is 1460. The minimum absolute atomic E-state index is 0.00897. The second kappa shape index (κ2) is 11.1. The van der Waals surface area contributed by atoms with Crippen molar-refractivity contribution in [1.82, 2.24) is 14.8 Å². The van der Waals surface area contributed by atoms with Crippen LogP contribution in [0.4, 0.5) is 39.5 Å². The molecule has 1 aromatic heterocycles. The van der Waals surface area contributed by atoms with E-state index in [9.17, 15) is 54.2 Å². The molecule has 0 spiro atoms. The molecule has 0 bridgehead atoms. The lowest BCUT2D eigenvalue weighted by Gasteiger charge is -2.43. The van der Waals surface area contributed by atoms with Crippen molar-refractivity contribution in [2.45, 2.75) is 91.1 Å². The fourth-order valence-corrected chi connectivity index (χ4v) is 8.06. The number of hydrogen-bond acceptors (Lipinski definition) is 5. The van der Waals surface area contributed by atoms with Crippen LogP contribution in [0.15, 0.2) is 41.3 Å². The number of hydrogen-bond donors (Lipinski definition) is 1. The molecule has 2 fully saturated rings. The van der Waals surface area contributed by atoms with Crippen LogP contribution in [0.1, 0.15) is 50.1 Å². The number of carbonyl (C=O) groups is 2. The summed E-state index contributed by atoms with van der Waals surface area (Å²) in [4.78, 5) is 33.0. The Balaban J connectivity index is 1.57. The van der Waals surface area contributed by atoms with Crippen LogP contribution in [-0.4, -0.2) is 81.0 Å². The first-order valence-corrected chi connectivity index (χ1v) is 14.8. The summed E-state index contributed by atoms with van der Waals surface area (Å²) in [5.41, 5.74) is -9.10. The molecule has 45 heavy (non-hydrogen) atoms. The Labute approximate surface area is 256 Å². The highest BCUT2D eigenvalue weighted by Gasteiger charge is 2.74. The summed E-state index contributed by atoms with van der Waals surface area (Å²) < 4.78 is 123. The summed E-state index contributed by atoms with van der Waals surface area (Å²) in [5, 5.41) is 10.3. The van der Waals surface area contributed by atoms with Crippen molar-refractivity contribution in [1.29, 1.82) is 0 Å². The Morgan fingerprint density at radius 3 is 2.24 bits per heavy atom. The fraction of sp³-hybridized carbons (Fsp3) is 0.552. The van der Waals surface area contributed by atoms with E-state index in [1.165, 1.54) is 30.9 Å². The Kier molecular flexibility index (Phi) is 8.20. The van der Waals surface area contributed by atoms with Crippen molar-refractivity contribution in [3.05, 3.63) is 59.2 Å². The monoisotopic (exact) mass is 669 g/mol. The second-order valence-electron chi connectivity index (χ2n) is 12.1. The van der Waals surface area contributed by atoms with E-state index in [2.05, 4.69) is 4.98 Å². The summed E-state index contributed by atoms with van der Waals surface area (Å²) in [6.45, 7) is 2.44. The molecule has 2 unspecified atom stereocenters. The van der Waals surface area contributed by atoms with Crippen LogP contribution in [0.5, 0.6) is 0 Å². The number of amides is 2. The number of halogens is 9. The number of rotatable bonds is 6. The number of aromatic nitrogens is 1. The van der Waals surface area contributed by atoms with Gasteiger partial charge in [0, 0.05) is 30.1 Å². The van der Waals surface area contributed by atoms with E-state index in [-0.39, 0.29) is 43.6 Å². The predicted molar refractivity (Wildman–Crippen MR) is 143 cm³/mol. The summed E-state index contributed by atoms with van der Waals surface area (Å²) in [6, 6.07) is 4.41. The molecule has 6 nitrogen and oxygen atoms in total. The van der Waals surface area contributed by atoms with Gasteiger partial charge in [0.1, 0.15) is 11.9 Å². The van der Waals surface area contributed by atoms with Crippen LogP contribution < -0.4 is 0 Å². The molecule has 5 rings (SSSR count). The van der Waals surface area contributed by atoms with E-state index in [1.807, 2.05) is 0 Å². The molecule has 246 valence electrons. The number of aryl methyl sites for hydroxylation is 1. The van der Waals surface area contributed by atoms with Crippen molar-refractivity contribution < 1.29 is 54.2 Å². The third-order valence-electron chi connectivity index (χ3n) is 8.45. The molecular formula is C29H28F9N3O3S. The van der Waals surface area contributed by atoms with Crippen molar-refractivity contribution in [2.24, 2.45) is 0 Å². The van der Waals surface area contributed by atoms with Gasteiger partial charge in [-0.15, -0.1) is 11.8 Å². The smallest absolute Gasteiger partial charge is 0.389 e. The van der Waals surface area contributed by atoms with Gasteiger partial charge in [0.25, 0.3) is 5.91 Å². The molecule has 2 amide bonds. The van der Waals surface area contributed by atoms with Crippen LogP contribution in [0.25, 0.3) is 0 Å². The van der Waals surface area contributed by atoms with Crippen molar-refractivity contribution in [2.75, 3.05) is 13.1 Å². The first-order valence-electron chi connectivity index (χ1n) is 13.9. The Hall–Kier alpha value is -3.01. The Morgan fingerprint density at radius 2 is 1.67 bits per heavy atom. The number of likely N-dealkylation sites (tertiary alicyclic amines) is 2. The summed E-state index contributed by atoms with van der Waals surface area (Å²) in [7, 11) is 0. The van der Waals surface area contributed by atoms with Crippen LogP contribution in [0.2, 0.25) is 0 Å². The minimum atomic E-state index is -6.36. The molecule has 2 aliphatic heterocycles. The summed E-state index contributed by atoms with van der Waals surface area (Å²) in [5.74, 6) is -2.16. The van der Waals surface area contributed by atoms with E-state index in [1.54, 1.807) is 0 Å². The fourth-order valence-electron chi connectivity index (χ4n) is 6.50. The number of carbonyl (C=O) groups excluding carboxylic acids is 2. The van der Waals surface area contributed by atoms with Gasteiger partial charge in [0.2, 0.25) is 5.91 Å². The molecule has 2 saturated heterocycles. The van der Waals surface area contributed by atoms with Gasteiger partial charge in [0.15, 0.2) is 6.17 Å². The van der Waals surface area contributed by atoms with E-state index in [0.717, 1.165) is 34.9 Å². The third-order valence-corrected chi connectivity index (χ3v) is 10.0. The number of pyridine rings is 1. The molecule has 16 heteroatoms. The lowest BCUT2D eigenvalue weighted by atomic mass is 9.80. The lowest BCUT2D eigenvalue weighted by molar-refractivity contribution is -0.350. The lowest BCUT2D eigenvalue weighted by Crippen LogP contribution is -2.54. The van der Waals surface area contributed by atoms with Gasteiger partial charge < -0.3 is 14.9 Å². The maximum absolute atomic E-state index is 14.9. The summed E-state index contributed by atoms with van der Waals surface area (Å²) >= 11 is 1.10. The first kappa shape index (κ1) is 33.4. The molecule has 4 atom stereocenters. The number of fused-ring (bicyclic) bond motifs is 3. The molecule has 1 aromatic carbocycles. The van der Waals surface area contributed by atoms with Crippen molar-refractivity contribution in [3.8, 4) is 0 Å². The molecule has 1 N–H and O–H groups in total. The van der Waals surface area contributed by atoms with Crippen molar-refractivity contribution >= 4 is 23.6 Å². The average Bonchev–Trinajstić information content (AvgIpc) is 3.44. The van der Waals surface area contributed by atoms with Crippen LogP contribution in [-0.2, 0) is 26.4 Å². The molecule has 0 saturated carbocycles. The van der Waals surface area contributed by atoms with Crippen LogP contribution >= 0.6 is 11.8 Å². The van der Waals surface area contributed by atoms with Gasteiger partial charge in [-0.2, -0.15) is 26.3 Å². The highest BCUT2D eigenvalue weighted by molar-refractivity contribution is 8.00. The minimum Gasteiger partial charge on any atom is -0.389 e. The van der Waals surface area contributed by atoms with E-state index in [4.69, 9.17) is 0 Å².